The lowest BCUT2D eigenvalue weighted by Crippen LogP contribution is -2.12. The van der Waals surface area contributed by atoms with Crippen LogP contribution in [0.2, 0.25) is 0 Å². The molecule has 0 saturated heterocycles. The van der Waals surface area contributed by atoms with Gasteiger partial charge < -0.3 is 5.32 Å². The number of hydrogen-bond acceptors (Lipinski definition) is 3. The molecule has 1 aromatic heterocycles. The molecule has 0 radical (unpaired) electrons. The highest BCUT2D eigenvalue weighted by atomic mass is 35.5. The number of nitrogens with zero attached hydrogens (tertiary/aromatic N) is 2. The first-order valence-electron chi connectivity index (χ1n) is 4.97. The van der Waals surface area contributed by atoms with E-state index in [2.05, 4.69) is 10.4 Å². The summed E-state index contributed by atoms with van der Waals surface area (Å²) in [6.07, 6.45) is 1.54. The maximum Gasteiger partial charge on any atom is 0.244 e. The number of benzene rings is 1. The van der Waals surface area contributed by atoms with Crippen LogP contribution < -0.4 is 5.32 Å². The number of aromatic nitrogens is 2. The molecule has 0 bridgehead atoms. The molecule has 0 unspecified atom stereocenters. The van der Waals surface area contributed by atoms with Crippen LogP contribution in [0.1, 0.15) is 11.7 Å². The summed E-state index contributed by atoms with van der Waals surface area (Å²) in [4.78, 5) is 22.5. The highest BCUT2D eigenvalue weighted by Gasteiger charge is 2.10. The van der Waals surface area contributed by atoms with Crippen molar-refractivity contribution in [3.63, 3.8) is 0 Å². The average molecular weight is 252 g/mol. The van der Waals surface area contributed by atoms with E-state index < -0.39 is 0 Å². The van der Waals surface area contributed by atoms with Crippen LogP contribution in [0.4, 0.5) is 5.69 Å². The zero-order chi connectivity index (χ0) is 12.4. The number of halogens is 1. The van der Waals surface area contributed by atoms with Gasteiger partial charge in [-0.05, 0) is 12.1 Å². The third-order valence-electron chi connectivity index (χ3n) is 2.31. The molecule has 0 fully saturated rings. The molecule has 2 aromatic rings. The van der Waals surface area contributed by atoms with Gasteiger partial charge in [-0.3, -0.25) is 9.59 Å². The Balaban J connectivity index is 2.52. The third-order valence-corrected chi connectivity index (χ3v) is 2.55. The van der Waals surface area contributed by atoms with Crippen molar-refractivity contribution in [2.24, 2.45) is 0 Å². The number of alkyl halides is 1. The third kappa shape index (κ3) is 2.14. The Morgan fingerprint density at radius 2 is 2.24 bits per heavy atom. The number of rotatable bonds is 2. The number of anilines is 1. The number of amides is 1. The predicted octanol–water partition coefficient (Wildman–Crippen LogP) is 1.87. The smallest absolute Gasteiger partial charge is 0.244 e. The van der Waals surface area contributed by atoms with Crippen LogP contribution in [0.3, 0.4) is 0 Å². The van der Waals surface area contributed by atoms with Gasteiger partial charge in [0.2, 0.25) is 11.8 Å². The van der Waals surface area contributed by atoms with Gasteiger partial charge in [0, 0.05) is 12.3 Å². The van der Waals surface area contributed by atoms with Gasteiger partial charge in [-0.25, -0.2) is 4.68 Å². The average Bonchev–Trinajstić information content (AvgIpc) is 2.73. The second-order valence-electron chi connectivity index (χ2n) is 3.50. The first-order chi connectivity index (χ1) is 8.13. The molecular formula is C11H10ClN3O2. The van der Waals surface area contributed by atoms with Crippen molar-refractivity contribution in [1.29, 1.82) is 0 Å². The molecule has 2 rings (SSSR count). The Bertz CT molecular complexity index is 591. The molecule has 0 aliphatic carbocycles. The van der Waals surface area contributed by atoms with Gasteiger partial charge in [-0.15, -0.1) is 11.6 Å². The van der Waals surface area contributed by atoms with E-state index in [-0.39, 0.29) is 17.7 Å². The van der Waals surface area contributed by atoms with E-state index in [1.165, 1.54) is 11.6 Å². The Kier molecular flexibility index (Phi) is 3.10. The number of fused-ring (bicyclic) bond motifs is 1. The molecule has 0 saturated carbocycles. The molecule has 1 aromatic carbocycles. The maximum absolute atomic E-state index is 11.3. The topological polar surface area (TPSA) is 64.0 Å². The first-order valence-corrected chi connectivity index (χ1v) is 5.50. The largest absolute Gasteiger partial charge is 0.324 e. The predicted molar refractivity (Wildman–Crippen MR) is 65.4 cm³/mol. The van der Waals surface area contributed by atoms with Gasteiger partial charge >= 0.3 is 0 Å². The summed E-state index contributed by atoms with van der Waals surface area (Å²) >= 11 is 5.42. The van der Waals surface area contributed by atoms with Gasteiger partial charge in [0.05, 0.1) is 17.4 Å². The monoisotopic (exact) mass is 251 g/mol. The van der Waals surface area contributed by atoms with Crippen LogP contribution in [0.25, 0.3) is 10.9 Å². The van der Waals surface area contributed by atoms with Gasteiger partial charge in [-0.1, -0.05) is 6.07 Å². The molecule has 5 nitrogen and oxygen atoms in total. The van der Waals surface area contributed by atoms with E-state index in [0.29, 0.717) is 16.6 Å². The van der Waals surface area contributed by atoms with Crippen molar-refractivity contribution >= 4 is 40.0 Å². The van der Waals surface area contributed by atoms with Gasteiger partial charge in [0.1, 0.15) is 5.88 Å². The molecule has 0 aliphatic rings. The molecule has 1 N–H and O–H groups in total. The van der Waals surface area contributed by atoms with Crippen molar-refractivity contribution in [2.75, 3.05) is 11.2 Å². The molecule has 88 valence electrons. The van der Waals surface area contributed by atoms with E-state index in [1.54, 1.807) is 24.4 Å². The zero-order valence-corrected chi connectivity index (χ0v) is 9.86. The molecule has 6 heteroatoms. The molecule has 1 heterocycles. The second kappa shape index (κ2) is 4.55. The summed E-state index contributed by atoms with van der Waals surface area (Å²) in [5.41, 5.74) is 1.26. The van der Waals surface area contributed by atoms with E-state index in [9.17, 15) is 9.59 Å². The number of hydrogen-bond donors (Lipinski definition) is 1. The summed E-state index contributed by atoms with van der Waals surface area (Å²) in [6, 6.07) is 5.24. The number of carbonyl (C=O) groups excluding carboxylic acids is 2. The first kappa shape index (κ1) is 11.6. The van der Waals surface area contributed by atoms with E-state index in [1.807, 2.05) is 0 Å². The highest BCUT2D eigenvalue weighted by molar-refractivity contribution is 6.29. The fourth-order valence-corrected chi connectivity index (χ4v) is 1.66. The van der Waals surface area contributed by atoms with Gasteiger partial charge in [-0.2, -0.15) is 5.10 Å². The van der Waals surface area contributed by atoms with Crippen molar-refractivity contribution < 1.29 is 9.59 Å². The highest BCUT2D eigenvalue weighted by Crippen LogP contribution is 2.22. The Morgan fingerprint density at radius 3 is 2.88 bits per heavy atom. The van der Waals surface area contributed by atoms with Crippen molar-refractivity contribution in [2.45, 2.75) is 6.92 Å². The van der Waals surface area contributed by atoms with E-state index in [0.717, 1.165) is 0 Å². The Morgan fingerprint density at radius 1 is 1.47 bits per heavy atom. The fourth-order valence-electron chi connectivity index (χ4n) is 1.59. The van der Waals surface area contributed by atoms with E-state index >= 15 is 0 Å². The molecule has 1 amide bonds. The molecular weight excluding hydrogens is 242 g/mol. The van der Waals surface area contributed by atoms with Crippen LogP contribution in [0.5, 0.6) is 0 Å². The lowest BCUT2D eigenvalue weighted by molar-refractivity contribution is -0.113. The lowest BCUT2D eigenvalue weighted by atomic mass is 10.2. The summed E-state index contributed by atoms with van der Waals surface area (Å²) in [5.74, 6) is -0.590. The normalized spacial score (nSPS) is 10.5. The lowest BCUT2D eigenvalue weighted by Gasteiger charge is -2.04. The van der Waals surface area contributed by atoms with Crippen LogP contribution in [0.15, 0.2) is 24.4 Å². The van der Waals surface area contributed by atoms with Gasteiger partial charge in [0.25, 0.3) is 0 Å². The molecule has 0 atom stereocenters. The standard InChI is InChI=1S/C11H10ClN3O2/c1-7(16)15-10-4-2-3-9(8(10)6-13-15)14-11(17)5-12/h2-4,6H,5H2,1H3,(H,14,17). The summed E-state index contributed by atoms with van der Waals surface area (Å²) in [7, 11) is 0. The van der Waals surface area contributed by atoms with Gasteiger partial charge in [0.15, 0.2) is 0 Å². The van der Waals surface area contributed by atoms with Crippen LogP contribution >= 0.6 is 11.6 Å². The quantitative estimate of drug-likeness (QED) is 0.829. The molecule has 0 spiro atoms. The minimum Gasteiger partial charge on any atom is -0.324 e. The zero-order valence-electron chi connectivity index (χ0n) is 9.11. The van der Waals surface area contributed by atoms with Crippen molar-refractivity contribution in [1.82, 2.24) is 9.78 Å². The summed E-state index contributed by atoms with van der Waals surface area (Å²) in [6.45, 7) is 1.43. The van der Waals surface area contributed by atoms with Crippen LogP contribution in [-0.2, 0) is 4.79 Å². The molecule has 17 heavy (non-hydrogen) atoms. The van der Waals surface area contributed by atoms with Crippen LogP contribution in [-0.4, -0.2) is 27.5 Å². The van der Waals surface area contributed by atoms with Crippen molar-refractivity contribution in [3.8, 4) is 0 Å². The fraction of sp³-hybridized carbons (Fsp3) is 0.182. The summed E-state index contributed by atoms with van der Waals surface area (Å²) < 4.78 is 1.28. The second-order valence-corrected chi connectivity index (χ2v) is 3.76. The van der Waals surface area contributed by atoms with E-state index in [4.69, 9.17) is 11.6 Å². The minimum absolute atomic E-state index is 0.114. The Labute approximate surface area is 102 Å². The molecule has 0 aliphatic heterocycles. The maximum atomic E-state index is 11.3. The Hall–Kier alpha value is -1.88. The number of carbonyl (C=O) groups is 2. The minimum atomic E-state index is -0.297. The number of nitrogens with one attached hydrogen (secondary N) is 1. The SMILES string of the molecule is CC(=O)n1ncc2c(NC(=O)CCl)cccc21. The summed E-state index contributed by atoms with van der Waals surface area (Å²) in [5, 5.41) is 7.33. The van der Waals surface area contributed by atoms with Crippen molar-refractivity contribution in [3.05, 3.63) is 24.4 Å². The van der Waals surface area contributed by atoms with Crippen LogP contribution in [0, 0.1) is 0 Å².